The number of rotatable bonds is 1. The monoisotopic (exact) mass is 122 g/mol. The highest BCUT2D eigenvalue weighted by Crippen LogP contribution is 2.01. The van der Waals surface area contributed by atoms with Gasteiger partial charge in [0.15, 0.2) is 5.57 Å². The van der Waals surface area contributed by atoms with Gasteiger partial charge in [-0.15, -0.1) is 0 Å². The molecule has 0 aliphatic rings. The molecule has 0 aromatic heterocycles. The van der Waals surface area contributed by atoms with Crippen molar-refractivity contribution < 1.29 is 5.11 Å². The smallest absolute Gasteiger partial charge is 0.166 e. The molecule has 0 aromatic carbocycles. The zero-order valence-corrected chi connectivity index (χ0v) is 5.05. The largest absolute Gasteiger partial charge is 0.510 e. The Hall–Kier alpha value is -1.48. The lowest BCUT2D eigenvalue weighted by Gasteiger charge is -1.88. The van der Waals surface area contributed by atoms with Crippen molar-refractivity contribution in [1.82, 2.24) is 0 Å². The van der Waals surface area contributed by atoms with Gasteiger partial charge in [0.05, 0.1) is 0 Å². The molecule has 0 bridgehead atoms. The zero-order chi connectivity index (χ0) is 7.28. The highest BCUT2D eigenvalue weighted by atomic mass is 16.3. The Labute approximate surface area is 53.5 Å². The number of aliphatic hydroxyl groups excluding tert-OH is 1. The average Bonchev–Trinajstić information content (AvgIpc) is 1.90. The van der Waals surface area contributed by atoms with Crippen LogP contribution in [-0.2, 0) is 0 Å². The Balaban J connectivity index is 4.49. The highest BCUT2D eigenvalue weighted by molar-refractivity contribution is 5.37. The molecule has 0 atom stereocenters. The molecule has 0 rings (SSSR count). The van der Waals surface area contributed by atoms with Crippen molar-refractivity contribution >= 4 is 0 Å². The first-order valence-corrected chi connectivity index (χ1v) is 2.48. The Morgan fingerprint density at radius 1 is 1.44 bits per heavy atom. The van der Waals surface area contributed by atoms with Gasteiger partial charge in [-0.05, 0) is 0 Å². The molecule has 0 aliphatic heterocycles. The van der Waals surface area contributed by atoms with Gasteiger partial charge in [0, 0.05) is 6.42 Å². The summed E-state index contributed by atoms with van der Waals surface area (Å²) in [6.07, 6.45) is 0.330. The Bertz CT molecular complexity index is 188. The maximum absolute atomic E-state index is 8.75. The summed E-state index contributed by atoms with van der Waals surface area (Å²) in [5, 5.41) is 25.0. The van der Waals surface area contributed by atoms with Crippen molar-refractivity contribution in [3.8, 4) is 12.1 Å². The Kier molecular flexibility index (Phi) is 2.94. The number of hydrogen-bond donors (Lipinski definition) is 1. The normalized spacial score (nSPS) is 7.00. The van der Waals surface area contributed by atoms with E-state index in [1.165, 1.54) is 0 Å². The highest BCUT2D eigenvalue weighted by Gasteiger charge is 1.98. The zero-order valence-electron chi connectivity index (χ0n) is 5.05. The van der Waals surface area contributed by atoms with E-state index in [4.69, 9.17) is 15.6 Å². The fourth-order valence-corrected chi connectivity index (χ4v) is 0.331. The fourth-order valence-electron chi connectivity index (χ4n) is 0.331. The second kappa shape index (κ2) is 3.51. The van der Waals surface area contributed by atoms with Gasteiger partial charge in [-0.1, -0.05) is 6.92 Å². The quantitative estimate of drug-likeness (QED) is 0.420. The topological polar surface area (TPSA) is 67.8 Å². The summed E-state index contributed by atoms with van der Waals surface area (Å²) in [7, 11) is 0. The molecule has 0 aliphatic carbocycles. The lowest BCUT2D eigenvalue weighted by atomic mass is 10.2. The maximum atomic E-state index is 8.75. The standard InChI is InChI=1S/C6H6N2O/c1-2-6(9)5(3-7)4-8/h9H,2H2,1H3. The second-order valence-corrected chi connectivity index (χ2v) is 1.40. The predicted octanol–water partition coefficient (Wildman–Crippen LogP) is 1.26. The van der Waals surface area contributed by atoms with E-state index >= 15 is 0 Å². The number of aliphatic hydroxyl groups is 1. The van der Waals surface area contributed by atoms with Crippen LogP contribution in [0.5, 0.6) is 0 Å². The third-order valence-electron chi connectivity index (χ3n) is 0.847. The molecule has 0 heterocycles. The number of hydrogen-bond acceptors (Lipinski definition) is 3. The van der Waals surface area contributed by atoms with Gasteiger partial charge in [-0.25, -0.2) is 0 Å². The molecule has 3 heteroatoms. The average molecular weight is 122 g/mol. The minimum atomic E-state index is -0.197. The minimum Gasteiger partial charge on any atom is -0.510 e. The first-order valence-electron chi connectivity index (χ1n) is 2.48. The fraction of sp³-hybridized carbons (Fsp3) is 0.333. The summed E-state index contributed by atoms with van der Waals surface area (Å²) in [6.45, 7) is 1.67. The summed E-state index contributed by atoms with van der Waals surface area (Å²) in [5.41, 5.74) is -0.197. The van der Waals surface area contributed by atoms with Gasteiger partial charge in [-0.3, -0.25) is 0 Å². The summed E-state index contributed by atoms with van der Waals surface area (Å²) in [6, 6.07) is 3.14. The molecule has 9 heavy (non-hydrogen) atoms. The van der Waals surface area contributed by atoms with Gasteiger partial charge in [0.1, 0.15) is 17.9 Å². The van der Waals surface area contributed by atoms with E-state index < -0.39 is 0 Å². The summed E-state index contributed by atoms with van der Waals surface area (Å²) >= 11 is 0. The lowest BCUT2D eigenvalue weighted by Crippen LogP contribution is -1.83. The minimum absolute atomic E-state index is 0.139. The first-order chi connectivity index (χ1) is 4.26. The van der Waals surface area contributed by atoms with Gasteiger partial charge >= 0.3 is 0 Å². The van der Waals surface area contributed by atoms with Crippen LogP contribution in [0.4, 0.5) is 0 Å². The second-order valence-electron chi connectivity index (χ2n) is 1.40. The lowest BCUT2D eigenvalue weighted by molar-refractivity contribution is 0.392. The van der Waals surface area contributed by atoms with E-state index in [2.05, 4.69) is 0 Å². The maximum Gasteiger partial charge on any atom is 0.166 e. The van der Waals surface area contributed by atoms with Crippen LogP contribution >= 0.6 is 0 Å². The van der Waals surface area contributed by atoms with Gasteiger partial charge in [-0.2, -0.15) is 10.5 Å². The molecule has 0 fully saturated rings. The van der Waals surface area contributed by atoms with Crippen LogP contribution in [-0.4, -0.2) is 5.11 Å². The van der Waals surface area contributed by atoms with E-state index in [1.54, 1.807) is 19.1 Å². The molecule has 0 spiro atoms. The first kappa shape index (κ1) is 7.52. The summed E-state index contributed by atoms with van der Waals surface area (Å²) in [4.78, 5) is 0. The van der Waals surface area contributed by atoms with Crippen LogP contribution < -0.4 is 0 Å². The van der Waals surface area contributed by atoms with Gasteiger partial charge < -0.3 is 5.11 Å². The van der Waals surface area contributed by atoms with E-state index in [1.807, 2.05) is 0 Å². The third kappa shape index (κ3) is 1.84. The van der Waals surface area contributed by atoms with Crippen LogP contribution in [0.1, 0.15) is 13.3 Å². The summed E-state index contributed by atoms with van der Waals surface area (Å²) in [5.74, 6) is -0.139. The molecule has 0 saturated carbocycles. The van der Waals surface area contributed by atoms with Crippen molar-refractivity contribution in [3.63, 3.8) is 0 Å². The number of nitriles is 2. The molecular weight excluding hydrogens is 116 g/mol. The van der Waals surface area contributed by atoms with Crippen LogP contribution in [0, 0.1) is 22.7 Å². The summed E-state index contributed by atoms with van der Waals surface area (Å²) < 4.78 is 0. The van der Waals surface area contributed by atoms with E-state index in [0.717, 1.165) is 0 Å². The molecule has 0 aromatic rings. The van der Waals surface area contributed by atoms with Gasteiger partial charge in [0.2, 0.25) is 0 Å². The number of nitrogens with zero attached hydrogens (tertiary/aromatic N) is 2. The van der Waals surface area contributed by atoms with Crippen molar-refractivity contribution in [3.05, 3.63) is 11.3 Å². The molecule has 0 unspecified atom stereocenters. The third-order valence-corrected chi connectivity index (χ3v) is 0.847. The van der Waals surface area contributed by atoms with Crippen molar-refractivity contribution in [2.24, 2.45) is 0 Å². The van der Waals surface area contributed by atoms with Gasteiger partial charge in [0.25, 0.3) is 0 Å². The van der Waals surface area contributed by atoms with E-state index in [-0.39, 0.29) is 11.3 Å². The molecule has 0 radical (unpaired) electrons. The number of allylic oxidation sites excluding steroid dienone is 2. The molecular formula is C6H6N2O. The molecule has 1 N–H and O–H groups in total. The van der Waals surface area contributed by atoms with E-state index in [9.17, 15) is 0 Å². The van der Waals surface area contributed by atoms with Crippen LogP contribution in [0.3, 0.4) is 0 Å². The Morgan fingerprint density at radius 3 is 2.00 bits per heavy atom. The Morgan fingerprint density at radius 2 is 1.89 bits per heavy atom. The van der Waals surface area contributed by atoms with Crippen LogP contribution in [0.15, 0.2) is 11.3 Å². The predicted molar refractivity (Wildman–Crippen MR) is 31.2 cm³/mol. The van der Waals surface area contributed by atoms with Crippen molar-refractivity contribution in [2.75, 3.05) is 0 Å². The molecule has 3 nitrogen and oxygen atoms in total. The van der Waals surface area contributed by atoms with Crippen LogP contribution in [0.2, 0.25) is 0 Å². The van der Waals surface area contributed by atoms with Crippen LogP contribution in [0.25, 0.3) is 0 Å². The van der Waals surface area contributed by atoms with E-state index in [0.29, 0.717) is 6.42 Å². The molecule has 46 valence electrons. The SMILES string of the molecule is CCC(O)=C(C#N)C#N. The molecule has 0 saturated heterocycles. The van der Waals surface area contributed by atoms with Crippen molar-refractivity contribution in [1.29, 1.82) is 10.5 Å². The molecule has 0 amide bonds. The van der Waals surface area contributed by atoms with Crippen molar-refractivity contribution in [2.45, 2.75) is 13.3 Å².